The van der Waals surface area contributed by atoms with E-state index in [9.17, 15) is 4.39 Å². The van der Waals surface area contributed by atoms with Gasteiger partial charge in [-0.3, -0.25) is 0 Å². The largest absolute Gasteiger partial charge is 0.374 e. The highest BCUT2D eigenvalue weighted by Crippen LogP contribution is 2.29. The van der Waals surface area contributed by atoms with Crippen molar-refractivity contribution in [2.45, 2.75) is 32.2 Å². The molecule has 158 valence electrons. The van der Waals surface area contributed by atoms with Crippen molar-refractivity contribution in [1.82, 2.24) is 0 Å². The van der Waals surface area contributed by atoms with E-state index in [4.69, 9.17) is 25.8 Å². The minimum atomic E-state index is -0.478. The van der Waals surface area contributed by atoms with Crippen molar-refractivity contribution in [3.05, 3.63) is 81.9 Å². The number of aryl methyl sites for hydroxylation is 2. The molecule has 1 aliphatic heterocycles. The molecule has 0 atom stereocenters. The van der Waals surface area contributed by atoms with Gasteiger partial charge < -0.3 is 14.2 Å². The van der Waals surface area contributed by atoms with Gasteiger partial charge in [-0.15, -0.1) is 0 Å². The molecule has 0 bridgehead atoms. The Morgan fingerprint density at radius 2 is 1.80 bits per heavy atom. The molecule has 6 heteroatoms. The average Bonchev–Trinajstić information content (AvgIpc) is 2.76. The van der Waals surface area contributed by atoms with E-state index in [1.165, 1.54) is 12.1 Å². The minimum Gasteiger partial charge on any atom is -0.374 e. The van der Waals surface area contributed by atoms with Gasteiger partial charge in [-0.05, 0) is 54.5 Å². The van der Waals surface area contributed by atoms with Gasteiger partial charge in [0.2, 0.25) is 0 Å². The van der Waals surface area contributed by atoms with Crippen LogP contribution < -0.4 is 0 Å². The third-order valence-electron chi connectivity index (χ3n) is 5.27. The monoisotopic (exact) mass is 432 g/mol. The van der Waals surface area contributed by atoms with Crippen molar-refractivity contribution in [2.75, 3.05) is 19.8 Å². The number of rotatable bonds is 6. The van der Waals surface area contributed by atoms with E-state index in [1.54, 1.807) is 18.2 Å². The summed E-state index contributed by atoms with van der Waals surface area (Å²) in [6.45, 7) is 3.49. The smallest absolute Gasteiger partial charge is 0.184 e. The summed E-state index contributed by atoms with van der Waals surface area (Å²) < 4.78 is 45.7. The molecular weight excluding hydrogens is 410 g/mol. The second kappa shape index (κ2) is 9.40. The molecular formula is C24H23ClF2O3. The van der Waals surface area contributed by atoms with Gasteiger partial charge in [0.15, 0.2) is 6.29 Å². The Bertz CT molecular complexity index is 1030. The minimum absolute atomic E-state index is 0.0548. The molecule has 0 spiro atoms. The third kappa shape index (κ3) is 4.65. The first-order valence-corrected chi connectivity index (χ1v) is 10.4. The van der Waals surface area contributed by atoms with Crippen LogP contribution in [0.3, 0.4) is 0 Å². The zero-order valence-electron chi connectivity index (χ0n) is 16.7. The van der Waals surface area contributed by atoms with Crippen molar-refractivity contribution < 1.29 is 23.0 Å². The highest BCUT2D eigenvalue weighted by atomic mass is 35.5. The van der Waals surface area contributed by atoms with Crippen LogP contribution in [-0.2, 0) is 27.1 Å². The van der Waals surface area contributed by atoms with Gasteiger partial charge >= 0.3 is 0 Å². The Morgan fingerprint density at radius 1 is 1.00 bits per heavy atom. The molecule has 0 saturated carbocycles. The zero-order valence-corrected chi connectivity index (χ0v) is 17.4. The first-order chi connectivity index (χ1) is 14.5. The predicted octanol–water partition coefficient (Wildman–Crippen LogP) is 6.01. The maximum atomic E-state index is 15.1. The van der Waals surface area contributed by atoms with Gasteiger partial charge in [-0.1, -0.05) is 41.9 Å². The maximum absolute atomic E-state index is 15.1. The van der Waals surface area contributed by atoms with E-state index in [0.717, 1.165) is 16.5 Å². The van der Waals surface area contributed by atoms with Crippen LogP contribution in [0.4, 0.5) is 8.78 Å². The molecule has 1 saturated heterocycles. The Morgan fingerprint density at radius 3 is 2.53 bits per heavy atom. The molecule has 30 heavy (non-hydrogen) atoms. The molecule has 1 fully saturated rings. The Kier molecular flexibility index (Phi) is 6.64. The Balaban J connectivity index is 1.48. The van der Waals surface area contributed by atoms with Crippen LogP contribution >= 0.6 is 11.6 Å². The van der Waals surface area contributed by atoms with E-state index in [-0.39, 0.29) is 16.9 Å². The lowest BCUT2D eigenvalue weighted by molar-refractivity contribution is -0.229. The van der Waals surface area contributed by atoms with Crippen LogP contribution in [0.5, 0.6) is 0 Å². The highest BCUT2D eigenvalue weighted by molar-refractivity contribution is 6.30. The molecule has 4 rings (SSSR count). The summed E-state index contributed by atoms with van der Waals surface area (Å²) in [7, 11) is 0. The molecule has 3 aromatic rings. The molecule has 3 aromatic carbocycles. The van der Waals surface area contributed by atoms with E-state index in [0.29, 0.717) is 43.6 Å². The van der Waals surface area contributed by atoms with Crippen LogP contribution in [0.2, 0.25) is 5.02 Å². The lowest BCUT2D eigenvalue weighted by atomic mass is 9.99. The first kappa shape index (κ1) is 21.2. The summed E-state index contributed by atoms with van der Waals surface area (Å²) >= 11 is 5.72. The number of hydrogen-bond acceptors (Lipinski definition) is 3. The lowest BCUT2D eigenvalue weighted by Gasteiger charge is -2.29. The van der Waals surface area contributed by atoms with E-state index in [2.05, 4.69) is 0 Å². The van der Waals surface area contributed by atoms with E-state index < -0.39 is 12.1 Å². The molecule has 0 amide bonds. The summed E-state index contributed by atoms with van der Waals surface area (Å²) in [5, 5.41) is 1.41. The van der Waals surface area contributed by atoms with Crippen molar-refractivity contribution in [1.29, 1.82) is 0 Å². The fourth-order valence-corrected chi connectivity index (χ4v) is 3.80. The predicted molar refractivity (Wildman–Crippen MR) is 113 cm³/mol. The van der Waals surface area contributed by atoms with Gasteiger partial charge in [-0.25, -0.2) is 8.78 Å². The molecule has 0 unspecified atom stereocenters. The summed E-state index contributed by atoms with van der Waals surface area (Å²) in [5.74, 6) is -0.712. The van der Waals surface area contributed by atoms with E-state index in [1.807, 2.05) is 25.1 Å². The van der Waals surface area contributed by atoms with Crippen LogP contribution in [-0.4, -0.2) is 25.9 Å². The number of halogens is 3. The fourth-order valence-electron chi connectivity index (χ4n) is 3.68. The first-order valence-electron chi connectivity index (χ1n) is 10.0. The van der Waals surface area contributed by atoms with Gasteiger partial charge in [0, 0.05) is 17.6 Å². The number of hydrogen-bond donors (Lipinski definition) is 0. The number of benzene rings is 3. The second-order valence-corrected chi connectivity index (χ2v) is 7.75. The topological polar surface area (TPSA) is 27.7 Å². The molecule has 0 aromatic heterocycles. The van der Waals surface area contributed by atoms with Crippen molar-refractivity contribution in [3.8, 4) is 0 Å². The highest BCUT2D eigenvalue weighted by Gasteiger charge is 2.24. The standard InChI is InChI=1S/C24H23ClF2O3/c1-2-28-19-13-29-24(30-14-19)18-8-9-20-17(12-18)7-6-16(23(20)27)5-3-15-4-10-21(25)22(26)11-15/h4,6-12,19,24H,2-3,5,13-14H2,1H3. The fraction of sp³-hybridized carbons (Fsp3) is 0.333. The third-order valence-corrected chi connectivity index (χ3v) is 5.57. The Hall–Kier alpha value is -2.05. The average molecular weight is 433 g/mol. The lowest BCUT2D eigenvalue weighted by Crippen LogP contribution is -2.33. The molecule has 1 heterocycles. The molecule has 0 N–H and O–H groups in total. The SMILES string of the molecule is CCOC1COC(c2ccc3c(F)c(CCc4ccc(Cl)c(F)c4)ccc3c2)OC1. The zero-order chi connectivity index (χ0) is 21.1. The number of fused-ring (bicyclic) bond motifs is 1. The quantitative estimate of drug-likeness (QED) is 0.477. The van der Waals surface area contributed by atoms with Crippen LogP contribution in [0.15, 0.2) is 48.5 Å². The summed E-state index contributed by atoms with van der Waals surface area (Å²) in [6.07, 6.45) is 0.465. The summed E-state index contributed by atoms with van der Waals surface area (Å²) in [6, 6.07) is 13.8. The summed E-state index contributed by atoms with van der Waals surface area (Å²) in [5.41, 5.74) is 2.22. The Labute approximate surface area is 179 Å². The summed E-state index contributed by atoms with van der Waals surface area (Å²) in [4.78, 5) is 0. The van der Waals surface area contributed by atoms with Gasteiger partial charge in [0.25, 0.3) is 0 Å². The number of ether oxygens (including phenoxy) is 3. The molecule has 1 aliphatic rings. The molecule has 0 radical (unpaired) electrons. The van der Waals surface area contributed by atoms with Crippen molar-refractivity contribution >= 4 is 22.4 Å². The van der Waals surface area contributed by atoms with E-state index >= 15 is 4.39 Å². The van der Waals surface area contributed by atoms with Gasteiger partial charge in [0.1, 0.15) is 17.7 Å². The van der Waals surface area contributed by atoms with Crippen LogP contribution in [0, 0.1) is 11.6 Å². The molecule has 3 nitrogen and oxygen atoms in total. The van der Waals surface area contributed by atoms with Crippen LogP contribution in [0.1, 0.15) is 29.9 Å². The molecule has 0 aliphatic carbocycles. The van der Waals surface area contributed by atoms with Gasteiger partial charge in [0.05, 0.1) is 18.2 Å². The van der Waals surface area contributed by atoms with Crippen molar-refractivity contribution in [3.63, 3.8) is 0 Å². The second-order valence-electron chi connectivity index (χ2n) is 7.34. The van der Waals surface area contributed by atoms with Crippen molar-refractivity contribution in [2.24, 2.45) is 0 Å². The maximum Gasteiger partial charge on any atom is 0.184 e. The normalized spacial score (nSPS) is 19.3. The van der Waals surface area contributed by atoms with Crippen LogP contribution in [0.25, 0.3) is 10.8 Å². The van der Waals surface area contributed by atoms with Gasteiger partial charge in [-0.2, -0.15) is 0 Å².